The van der Waals surface area contributed by atoms with E-state index in [0.717, 1.165) is 22.6 Å². The predicted octanol–water partition coefficient (Wildman–Crippen LogP) is 5.59. The summed E-state index contributed by atoms with van der Waals surface area (Å²) in [6, 6.07) is 14.4. The van der Waals surface area contributed by atoms with Crippen molar-refractivity contribution in [2.45, 2.75) is 45.5 Å². The molecule has 202 valence electrons. The van der Waals surface area contributed by atoms with Gasteiger partial charge in [0.25, 0.3) is 5.91 Å². The van der Waals surface area contributed by atoms with E-state index >= 15 is 0 Å². The molecule has 2 heterocycles. The molecule has 0 fully saturated rings. The van der Waals surface area contributed by atoms with Crippen LogP contribution in [0.5, 0.6) is 5.06 Å². The van der Waals surface area contributed by atoms with E-state index in [1.807, 2.05) is 11.0 Å². The van der Waals surface area contributed by atoms with Crippen molar-refractivity contribution in [3.63, 3.8) is 0 Å². The number of nitrogens with one attached hydrogen (secondary N) is 1. The zero-order valence-electron chi connectivity index (χ0n) is 21.2. The molecule has 1 aromatic heterocycles. The number of rotatable bonds is 7. The Bertz CT molecular complexity index is 1420. The Kier molecular flexibility index (Phi) is 8.47. The normalized spacial score (nSPS) is 14.7. The monoisotopic (exact) mass is 554 g/mol. The van der Waals surface area contributed by atoms with Gasteiger partial charge in [0.2, 0.25) is 0 Å². The summed E-state index contributed by atoms with van der Waals surface area (Å²) in [6.45, 7) is 4.29. The number of thiophene rings is 1. The SMILES string of the molecule is CCC(=O)Oc1cc2c(s1)CCN(C(C(=O)N/N=C(/C)c1ccc(C(F)(F)F)cc1)c1ccc(C#N)cc1)C2. The number of nitrogens with zero attached hydrogens (tertiary/aromatic N) is 3. The van der Waals surface area contributed by atoms with Gasteiger partial charge in [-0.25, -0.2) is 5.43 Å². The minimum atomic E-state index is -4.44. The number of carbonyl (C=O) groups excluding carboxylic acids is 2. The Morgan fingerprint density at radius 3 is 2.49 bits per heavy atom. The van der Waals surface area contributed by atoms with E-state index in [9.17, 15) is 28.0 Å². The fraction of sp³-hybridized carbons (Fsp3) is 0.286. The first kappa shape index (κ1) is 28.0. The number of nitriles is 1. The molecule has 1 unspecified atom stereocenters. The van der Waals surface area contributed by atoms with Crippen LogP contribution in [0, 0.1) is 11.3 Å². The Morgan fingerprint density at radius 1 is 1.18 bits per heavy atom. The molecule has 1 amide bonds. The third-order valence-corrected chi connectivity index (χ3v) is 7.42. The lowest BCUT2D eigenvalue weighted by molar-refractivity contribution is -0.137. The van der Waals surface area contributed by atoms with Crippen LogP contribution in [0.25, 0.3) is 0 Å². The van der Waals surface area contributed by atoms with Gasteiger partial charge in [0.05, 0.1) is 22.9 Å². The van der Waals surface area contributed by atoms with Gasteiger partial charge in [-0.15, -0.1) is 11.3 Å². The summed E-state index contributed by atoms with van der Waals surface area (Å²) in [4.78, 5) is 28.3. The second-order valence-electron chi connectivity index (χ2n) is 8.95. The molecule has 1 aliphatic heterocycles. The van der Waals surface area contributed by atoms with Crippen molar-refractivity contribution in [3.8, 4) is 11.1 Å². The van der Waals surface area contributed by atoms with Gasteiger partial charge in [-0.1, -0.05) is 31.2 Å². The van der Waals surface area contributed by atoms with Crippen LogP contribution in [-0.4, -0.2) is 29.0 Å². The Hall–Kier alpha value is -4.01. The maximum absolute atomic E-state index is 13.5. The van der Waals surface area contributed by atoms with Gasteiger partial charge in [0, 0.05) is 24.4 Å². The Morgan fingerprint density at radius 2 is 1.87 bits per heavy atom. The average Bonchev–Trinajstić information content (AvgIpc) is 3.33. The first-order valence-electron chi connectivity index (χ1n) is 12.2. The lowest BCUT2D eigenvalue weighted by atomic mass is 9.99. The van der Waals surface area contributed by atoms with Gasteiger partial charge in [-0.05, 0) is 60.4 Å². The lowest BCUT2D eigenvalue weighted by Gasteiger charge is -2.33. The summed E-state index contributed by atoms with van der Waals surface area (Å²) in [5.41, 5.74) is 4.65. The standard InChI is InChI=1S/C28H25F3N4O3S/c1-3-24(36)38-25-14-21-16-35(13-12-23(21)39-25)26(20-6-4-18(15-32)5-7-20)27(37)34-33-17(2)19-8-10-22(11-9-19)28(29,30)31/h4-11,14,26H,3,12-13,16H2,1-2H3,(H,34,37)/b33-17-. The number of alkyl halides is 3. The molecule has 11 heteroatoms. The summed E-state index contributed by atoms with van der Waals surface area (Å²) in [7, 11) is 0. The quantitative estimate of drug-likeness (QED) is 0.233. The van der Waals surface area contributed by atoms with Gasteiger partial charge in [0.1, 0.15) is 6.04 Å². The van der Waals surface area contributed by atoms with Gasteiger partial charge in [-0.2, -0.15) is 23.5 Å². The third kappa shape index (κ3) is 6.71. The summed E-state index contributed by atoms with van der Waals surface area (Å²) in [5, 5.41) is 13.8. The van der Waals surface area contributed by atoms with E-state index in [2.05, 4.69) is 16.6 Å². The van der Waals surface area contributed by atoms with Crippen molar-refractivity contribution in [2.75, 3.05) is 6.54 Å². The van der Waals surface area contributed by atoms with Crippen LogP contribution < -0.4 is 10.2 Å². The van der Waals surface area contributed by atoms with Crippen LogP contribution in [-0.2, 0) is 28.7 Å². The molecule has 0 spiro atoms. The number of hydrazone groups is 1. The molecule has 39 heavy (non-hydrogen) atoms. The summed E-state index contributed by atoms with van der Waals surface area (Å²) < 4.78 is 44.0. The largest absolute Gasteiger partial charge is 0.416 e. The maximum atomic E-state index is 13.5. The molecule has 0 saturated heterocycles. The number of ether oxygens (including phenoxy) is 1. The van der Waals surface area contributed by atoms with Crippen LogP contribution in [0.4, 0.5) is 13.2 Å². The summed E-state index contributed by atoms with van der Waals surface area (Å²) >= 11 is 1.42. The Labute approximate surface area is 227 Å². The highest BCUT2D eigenvalue weighted by molar-refractivity contribution is 7.14. The van der Waals surface area contributed by atoms with E-state index in [4.69, 9.17) is 4.74 Å². The molecule has 1 N–H and O–H groups in total. The van der Waals surface area contributed by atoms with Crippen molar-refractivity contribution >= 4 is 28.9 Å². The number of hydrogen-bond acceptors (Lipinski definition) is 7. The molecule has 4 rings (SSSR count). The molecule has 0 aliphatic carbocycles. The van der Waals surface area contributed by atoms with Gasteiger partial charge >= 0.3 is 12.1 Å². The topological polar surface area (TPSA) is 94.8 Å². The number of fused-ring (bicyclic) bond motifs is 1. The number of benzene rings is 2. The molecule has 7 nitrogen and oxygen atoms in total. The number of halogens is 3. The van der Waals surface area contributed by atoms with Crippen LogP contribution >= 0.6 is 11.3 Å². The maximum Gasteiger partial charge on any atom is 0.416 e. The van der Waals surface area contributed by atoms with Crippen LogP contribution in [0.3, 0.4) is 0 Å². The van der Waals surface area contributed by atoms with Gasteiger partial charge in [0.15, 0.2) is 5.06 Å². The summed E-state index contributed by atoms with van der Waals surface area (Å²) in [5.74, 6) is -0.746. The molecule has 0 radical (unpaired) electrons. The number of hydrogen-bond donors (Lipinski definition) is 1. The predicted molar refractivity (Wildman–Crippen MR) is 140 cm³/mol. The molecular weight excluding hydrogens is 529 g/mol. The fourth-order valence-corrected chi connectivity index (χ4v) is 5.24. The first-order chi connectivity index (χ1) is 18.6. The highest BCUT2D eigenvalue weighted by Gasteiger charge is 2.32. The smallest absolute Gasteiger partial charge is 0.415 e. The number of esters is 1. The van der Waals surface area contributed by atoms with Gasteiger partial charge < -0.3 is 4.74 Å². The first-order valence-corrected chi connectivity index (χ1v) is 13.0. The van der Waals surface area contributed by atoms with E-state index in [-0.39, 0.29) is 12.4 Å². The Balaban J connectivity index is 1.56. The molecular formula is C28H25F3N4O3S. The summed E-state index contributed by atoms with van der Waals surface area (Å²) in [6.07, 6.45) is -3.53. The zero-order chi connectivity index (χ0) is 28.2. The van der Waals surface area contributed by atoms with E-state index in [1.165, 1.54) is 23.5 Å². The number of amides is 1. The van der Waals surface area contributed by atoms with Crippen LogP contribution in [0.1, 0.15) is 59.0 Å². The lowest BCUT2D eigenvalue weighted by Crippen LogP contribution is -2.41. The van der Waals surface area contributed by atoms with Crippen molar-refractivity contribution < 1.29 is 27.5 Å². The molecule has 0 saturated carbocycles. The van der Waals surface area contributed by atoms with Crippen molar-refractivity contribution in [1.82, 2.24) is 10.3 Å². The number of carbonyl (C=O) groups is 2. The van der Waals surface area contributed by atoms with Crippen molar-refractivity contribution in [2.24, 2.45) is 5.10 Å². The second kappa shape index (κ2) is 11.8. The average molecular weight is 555 g/mol. The molecule has 1 atom stereocenters. The van der Waals surface area contributed by atoms with E-state index < -0.39 is 23.7 Å². The van der Waals surface area contributed by atoms with Crippen LogP contribution in [0.15, 0.2) is 59.7 Å². The second-order valence-corrected chi connectivity index (χ2v) is 10.0. The minimum absolute atomic E-state index is 0.266. The van der Waals surface area contributed by atoms with Gasteiger partial charge in [-0.3, -0.25) is 14.5 Å². The molecule has 1 aliphatic rings. The zero-order valence-corrected chi connectivity index (χ0v) is 22.0. The van der Waals surface area contributed by atoms with E-state index in [1.54, 1.807) is 38.1 Å². The molecule has 2 aromatic carbocycles. The molecule has 3 aromatic rings. The van der Waals surface area contributed by atoms with Crippen molar-refractivity contribution in [3.05, 3.63) is 87.3 Å². The van der Waals surface area contributed by atoms with E-state index in [0.29, 0.717) is 47.0 Å². The highest BCUT2D eigenvalue weighted by Crippen LogP contribution is 2.36. The highest BCUT2D eigenvalue weighted by atomic mass is 32.1. The third-order valence-electron chi connectivity index (χ3n) is 6.31. The van der Waals surface area contributed by atoms with Crippen molar-refractivity contribution in [1.29, 1.82) is 5.26 Å². The molecule has 0 bridgehead atoms. The minimum Gasteiger partial charge on any atom is -0.415 e. The fourth-order valence-electron chi connectivity index (χ4n) is 4.22. The van der Waals surface area contributed by atoms with Crippen LogP contribution in [0.2, 0.25) is 0 Å².